The molecule has 0 fully saturated rings. The average Bonchev–Trinajstić information content (AvgIpc) is 2.97. The molecule has 6 heteroatoms. The van der Waals surface area contributed by atoms with Crippen molar-refractivity contribution in [3.8, 4) is 0 Å². The molecule has 2 aromatic heterocycles. The Morgan fingerprint density at radius 1 is 1.29 bits per heavy atom. The van der Waals surface area contributed by atoms with Gasteiger partial charge in [0, 0.05) is 30.5 Å². The Hall–Kier alpha value is -2.14. The molecule has 0 unspecified atom stereocenters. The molecule has 0 saturated heterocycles. The summed E-state index contributed by atoms with van der Waals surface area (Å²) in [6.07, 6.45) is 6.27. The number of aryl methyl sites for hydroxylation is 2. The third-order valence-corrected chi connectivity index (χ3v) is 3.70. The van der Waals surface area contributed by atoms with Gasteiger partial charge in [-0.1, -0.05) is 11.6 Å². The highest BCUT2D eigenvalue weighted by Crippen LogP contribution is 2.15. The summed E-state index contributed by atoms with van der Waals surface area (Å²) in [5.74, 6) is 0.723. The third-order valence-electron chi connectivity index (χ3n) is 3.46. The minimum atomic E-state index is -0.0365. The van der Waals surface area contributed by atoms with Crippen LogP contribution in [0.4, 0.5) is 0 Å². The molecule has 21 heavy (non-hydrogen) atoms. The Labute approximate surface area is 126 Å². The van der Waals surface area contributed by atoms with Crippen LogP contribution in [0.3, 0.4) is 0 Å². The van der Waals surface area contributed by atoms with Gasteiger partial charge < -0.3 is 4.57 Å². The van der Waals surface area contributed by atoms with Crippen molar-refractivity contribution < 1.29 is 0 Å². The minimum absolute atomic E-state index is 0.0365. The Kier molecular flexibility index (Phi) is 3.75. The predicted molar refractivity (Wildman–Crippen MR) is 82.6 cm³/mol. The molecule has 0 radical (unpaired) electrons. The second-order valence-corrected chi connectivity index (χ2v) is 5.37. The van der Waals surface area contributed by atoms with Crippen molar-refractivity contribution >= 4 is 22.5 Å². The number of fused-ring (bicyclic) bond motifs is 1. The molecule has 0 aliphatic carbocycles. The van der Waals surface area contributed by atoms with E-state index in [1.165, 1.54) is 0 Å². The van der Waals surface area contributed by atoms with E-state index in [0.29, 0.717) is 22.5 Å². The average molecular weight is 303 g/mol. The first-order valence-electron chi connectivity index (χ1n) is 6.77. The fourth-order valence-corrected chi connectivity index (χ4v) is 2.57. The zero-order valence-electron chi connectivity index (χ0n) is 11.7. The Bertz CT molecular complexity index is 824. The van der Waals surface area contributed by atoms with Crippen molar-refractivity contribution in [2.45, 2.75) is 26.4 Å². The van der Waals surface area contributed by atoms with Gasteiger partial charge in [0.15, 0.2) is 0 Å². The first-order valence-corrected chi connectivity index (χ1v) is 7.15. The quantitative estimate of drug-likeness (QED) is 0.744. The lowest BCUT2D eigenvalue weighted by atomic mass is 10.2. The van der Waals surface area contributed by atoms with Crippen LogP contribution in [-0.4, -0.2) is 19.1 Å². The van der Waals surface area contributed by atoms with Crippen LogP contribution in [0, 0.1) is 6.92 Å². The van der Waals surface area contributed by atoms with E-state index in [2.05, 4.69) is 9.97 Å². The smallest absolute Gasteiger partial charge is 0.261 e. The first-order chi connectivity index (χ1) is 10.1. The highest BCUT2D eigenvalue weighted by atomic mass is 35.5. The summed E-state index contributed by atoms with van der Waals surface area (Å²) < 4.78 is 3.70. The van der Waals surface area contributed by atoms with E-state index in [1.807, 2.05) is 17.7 Å². The van der Waals surface area contributed by atoms with E-state index < -0.39 is 0 Å². The zero-order chi connectivity index (χ0) is 14.8. The van der Waals surface area contributed by atoms with Gasteiger partial charge in [-0.15, -0.1) is 0 Å². The largest absolute Gasteiger partial charge is 0.337 e. The summed E-state index contributed by atoms with van der Waals surface area (Å²) in [6, 6.07) is 5.21. The molecule has 0 N–H and O–H groups in total. The van der Waals surface area contributed by atoms with E-state index in [4.69, 9.17) is 11.6 Å². The Morgan fingerprint density at radius 3 is 2.90 bits per heavy atom. The number of halogens is 1. The summed E-state index contributed by atoms with van der Waals surface area (Å²) >= 11 is 5.97. The Morgan fingerprint density at radius 2 is 2.14 bits per heavy atom. The molecule has 3 rings (SSSR count). The van der Waals surface area contributed by atoms with Gasteiger partial charge in [0.25, 0.3) is 5.56 Å². The predicted octanol–water partition coefficient (Wildman–Crippen LogP) is 2.65. The van der Waals surface area contributed by atoms with Gasteiger partial charge in [-0.2, -0.15) is 0 Å². The van der Waals surface area contributed by atoms with Crippen molar-refractivity contribution in [1.29, 1.82) is 0 Å². The lowest BCUT2D eigenvalue weighted by molar-refractivity contribution is 0.540. The molecule has 0 atom stereocenters. The molecule has 0 spiro atoms. The summed E-state index contributed by atoms with van der Waals surface area (Å²) in [5.41, 5.74) is 0.651. The summed E-state index contributed by atoms with van der Waals surface area (Å²) in [7, 11) is 0. The van der Waals surface area contributed by atoms with E-state index in [0.717, 1.165) is 18.8 Å². The van der Waals surface area contributed by atoms with Gasteiger partial charge >= 0.3 is 0 Å². The van der Waals surface area contributed by atoms with Gasteiger partial charge in [0.2, 0.25) is 0 Å². The maximum atomic E-state index is 12.5. The number of benzene rings is 1. The van der Waals surface area contributed by atoms with Crippen molar-refractivity contribution in [2.24, 2.45) is 0 Å². The summed E-state index contributed by atoms with van der Waals surface area (Å²) in [5, 5.41) is 1.12. The highest BCUT2D eigenvalue weighted by molar-refractivity contribution is 6.31. The van der Waals surface area contributed by atoms with Crippen LogP contribution >= 0.6 is 11.6 Å². The molecule has 0 bridgehead atoms. The lowest BCUT2D eigenvalue weighted by Crippen LogP contribution is -2.24. The molecule has 3 aromatic rings. The van der Waals surface area contributed by atoms with Crippen LogP contribution in [0.25, 0.3) is 10.9 Å². The molecule has 5 nitrogen and oxygen atoms in total. The molecule has 0 aliphatic rings. The van der Waals surface area contributed by atoms with Crippen LogP contribution in [0.1, 0.15) is 12.2 Å². The van der Waals surface area contributed by atoms with E-state index >= 15 is 0 Å². The van der Waals surface area contributed by atoms with E-state index in [-0.39, 0.29) is 5.56 Å². The maximum absolute atomic E-state index is 12.5. The minimum Gasteiger partial charge on any atom is -0.337 e. The zero-order valence-corrected chi connectivity index (χ0v) is 12.4. The number of nitrogens with zero attached hydrogens (tertiary/aromatic N) is 4. The van der Waals surface area contributed by atoms with Crippen LogP contribution in [-0.2, 0) is 13.1 Å². The number of hydrogen-bond donors (Lipinski definition) is 0. The Balaban J connectivity index is 1.89. The highest BCUT2D eigenvalue weighted by Gasteiger charge is 2.08. The second kappa shape index (κ2) is 5.69. The normalized spacial score (nSPS) is 11.1. The summed E-state index contributed by atoms with van der Waals surface area (Å²) in [4.78, 5) is 21.0. The molecule has 108 valence electrons. The van der Waals surface area contributed by atoms with Gasteiger partial charge in [0.1, 0.15) is 5.82 Å². The number of imidazole rings is 1. The second-order valence-electron chi connectivity index (χ2n) is 4.93. The molecule has 0 saturated carbocycles. The molecule has 0 amide bonds. The molecule has 2 heterocycles. The number of rotatable bonds is 4. The molecule has 0 aliphatic heterocycles. The monoisotopic (exact) mass is 302 g/mol. The topological polar surface area (TPSA) is 52.7 Å². The van der Waals surface area contributed by atoms with Crippen molar-refractivity contribution in [3.63, 3.8) is 0 Å². The maximum Gasteiger partial charge on any atom is 0.261 e. The number of hydrogen-bond acceptors (Lipinski definition) is 3. The standard InChI is InChI=1S/C15H15ClN4O/c1-11-18-14-4-3-12(16)9-13(14)15(21)20(11)7-2-6-19-8-5-17-10-19/h3-5,8-10H,2,6-7H2,1H3. The lowest BCUT2D eigenvalue weighted by Gasteiger charge is -2.11. The van der Waals surface area contributed by atoms with Crippen LogP contribution in [0.5, 0.6) is 0 Å². The van der Waals surface area contributed by atoms with E-state index in [9.17, 15) is 4.79 Å². The SMILES string of the molecule is Cc1nc2ccc(Cl)cc2c(=O)n1CCCn1ccnc1. The van der Waals surface area contributed by atoms with E-state index in [1.54, 1.807) is 35.3 Å². The van der Waals surface area contributed by atoms with Crippen molar-refractivity contribution in [3.05, 3.63) is 58.1 Å². The van der Waals surface area contributed by atoms with Crippen LogP contribution in [0.2, 0.25) is 5.02 Å². The molecule has 1 aromatic carbocycles. The number of aromatic nitrogens is 4. The fourth-order valence-electron chi connectivity index (χ4n) is 2.40. The van der Waals surface area contributed by atoms with Gasteiger partial charge in [0.05, 0.1) is 17.2 Å². The van der Waals surface area contributed by atoms with Crippen molar-refractivity contribution in [1.82, 2.24) is 19.1 Å². The van der Waals surface area contributed by atoms with Crippen LogP contribution < -0.4 is 5.56 Å². The fraction of sp³-hybridized carbons (Fsp3) is 0.267. The van der Waals surface area contributed by atoms with Crippen molar-refractivity contribution in [2.75, 3.05) is 0 Å². The summed E-state index contributed by atoms with van der Waals surface area (Å²) in [6.45, 7) is 3.30. The third kappa shape index (κ3) is 2.83. The first kappa shape index (κ1) is 13.8. The molecular weight excluding hydrogens is 288 g/mol. The van der Waals surface area contributed by atoms with Gasteiger partial charge in [-0.3, -0.25) is 9.36 Å². The molecular formula is C15H15ClN4O. The van der Waals surface area contributed by atoms with Gasteiger partial charge in [-0.25, -0.2) is 9.97 Å². The van der Waals surface area contributed by atoms with Gasteiger partial charge in [-0.05, 0) is 31.5 Å². The van der Waals surface area contributed by atoms with Crippen LogP contribution in [0.15, 0.2) is 41.7 Å².